The zero-order valence-corrected chi connectivity index (χ0v) is 12.4. The summed E-state index contributed by atoms with van der Waals surface area (Å²) >= 11 is 0. The fourth-order valence-corrected chi connectivity index (χ4v) is 2.69. The normalized spacial score (nSPS) is 20.4. The number of hydrogen-bond donors (Lipinski definition) is 1. The van der Waals surface area contributed by atoms with E-state index in [4.69, 9.17) is 4.98 Å². The van der Waals surface area contributed by atoms with Gasteiger partial charge in [0.25, 0.3) is 0 Å². The first kappa shape index (κ1) is 13.8. The van der Waals surface area contributed by atoms with Crippen LogP contribution in [0.2, 0.25) is 0 Å². The van der Waals surface area contributed by atoms with Crippen LogP contribution >= 0.6 is 0 Å². The highest BCUT2D eigenvalue weighted by Crippen LogP contribution is 2.19. The maximum atomic E-state index is 4.75. The van der Waals surface area contributed by atoms with Gasteiger partial charge >= 0.3 is 0 Å². The van der Waals surface area contributed by atoms with Gasteiger partial charge in [0.15, 0.2) is 0 Å². The van der Waals surface area contributed by atoms with Gasteiger partial charge in [-0.3, -0.25) is 9.88 Å². The second-order valence-corrected chi connectivity index (χ2v) is 5.85. The minimum Gasteiger partial charge on any atom is -0.353 e. The molecule has 1 saturated carbocycles. The molecule has 5 nitrogen and oxygen atoms in total. The molecule has 0 bridgehead atoms. The molecule has 1 aliphatic heterocycles. The van der Waals surface area contributed by atoms with Gasteiger partial charge in [-0.15, -0.1) is 0 Å². The van der Waals surface area contributed by atoms with Crippen molar-refractivity contribution in [2.24, 2.45) is 0 Å². The minimum atomic E-state index is 0.720. The van der Waals surface area contributed by atoms with Crippen LogP contribution in [0.4, 0.5) is 5.82 Å². The Bertz CT molecular complexity index is 424. The number of rotatable bonds is 6. The Balaban J connectivity index is 1.55. The fraction of sp³-hybridized carbons (Fsp3) is 0.733. The maximum absolute atomic E-state index is 4.75. The Morgan fingerprint density at radius 2 is 2.00 bits per heavy atom. The smallest absolute Gasteiger partial charge is 0.147 e. The Kier molecular flexibility index (Phi) is 4.47. The fourth-order valence-electron chi connectivity index (χ4n) is 2.69. The zero-order chi connectivity index (χ0) is 13.8. The average molecular weight is 275 g/mol. The first-order valence-electron chi connectivity index (χ1n) is 7.87. The monoisotopic (exact) mass is 275 g/mol. The highest BCUT2D eigenvalue weighted by Gasteiger charge is 2.21. The van der Waals surface area contributed by atoms with Gasteiger partial charge in [-0.05, 0) is 25.8 Å². The number of nitrogens with one attached hydrogen (secondary N) is 1. The second-order valence-electron chi connectivity index (χ2n) is 5.85. The molecule has 110 valence electrons. The van der Waals surface area contributed by atoms with E-state index >= 15 is 0 Å². The quantitative estimate of drug-likeness (QED) is 0.847. The zero-order valence-electron chi connectivity index (χ0n) is 12.4. The van der Waals surface area contributed by atoms with Crippen molar-refractivity contribution in [3.63, 3.8) is 0 Å². The molecule has 1 aromatic rings. The summed E-state index contributed by atoms with van der Waals surface area (Å²) in [5, 5.41) is 3.50. The van der Waals surface area contributed by atoms with E-state index in [-0.39, 0.29) is 0 Å². The molecule has 0 aromatic carbocycles. The largest absolute Gasteiger partial charge is 0.353 e. The van der Waals surface area contributed by atoms with Crippen LogP contribution in [0.5, 0.6) is 0 Å². The van der Waals surface area contributed by atoms with Crippen LogP contribution in [0.1, 0.15) is 31.9 Å². The van der Waals surface area contributed by atoms with E-state index in [0.717, 1.165) is 50.3 Å². The van der Waals surface area contributed by atoms with E-state index in [1.165, 1.54) is 25.8 Å². The van der Waals surface area contributed by atoms with E-state index < -0.39 is 0 Å². The summed E-state index contributed by atoms with van der Waals surface area (Å²) in [5.74, 6) is 1.04. The summed E-state index contributed by atoms with van der Waals surface area (Å²) in [5.41, 5.74) is 1.06. The van der Waals surface area contributed by atoms with E-state index in [9.17, 15) is 0 Å². The molecule has 20 heavy (non-hydrogen) atoms. The molecule has 1 aromatic heterocycles. The summed E-state index contributed by atoms with van der Waals surface area (Å²) in [6.45, 7) is 8.71. The summed E-state index contributed by atoms with van der Waals surface area (Å²) in [4.78, 5) is 14.0. The summed E-state index contributed by atoms with van der Waals surface area (Å²) in [7, 11) is 0. The van der Waals surface area contributed by atoms with Crippen LogP contribution in [0.25, 0.3) is 0 Å². The highest BCUT2D eigenvalue weighted by atomic mass is 15.3. The molecule has 3 rings (SSSR count). The van der Waals surface area contributed by atoms with E-state index in [1.54, 1.807) is 0 Å². The SMILES string of the molecule is CCCN1CCN(c2cncc(CNC3CC3)n2)CC1. The summed E-state index contributed by atoms with van der Waals surface area (Å²) in [6.07, 6.45) is 7.64. The number of aromatic nitrogens is 2. The Morgan fingerprint density at radius 3 is 2.70 bits per heavy atom. The molecule has 0 amide bonds. The van der Waals surface area contributed by atoms with Crippen molar-refractivity contribution in [1.29, 1.82) is 0 Å². The first-order valence-corrected chi connectivity index (χ1v) is 7.87. The van der Waals surface area contributed by atoms with Gasteiger partial charge in [-0.2, -0.15) is 0 Å². The van der Waals surface area contributed by atoms with Crippen LogP contribution in [0.3, 0.4) is 0 Å². The third kappa shape index (κ3) is 3.67. The first-order chi connectivity index (χ1) is 9.85. The Labute approximate surface area is 121 Å². The summed E-state index contributed by atoms with van der Waals surface area (Å²) in [6, 6.07) is 0.720. The Morgan fingerprint density at radius 1 is 1.20 bits per heavy atom. The summed E-state index contributed by atoms with van der Waals surface area (Å²) < 4.78 is 0. The lowest BCUT2D eigenvalue weighted by molar-refractivity contribution is 0.258. The van der Waals surface area contributed by atoms with Crippen LogP contribution in [-0.2, 0) is 6.54 Å². The lowest BCUT2D eigenvalue weighted by Crippen LogP contribution is -2.46. The lowest BCUT2D eigenvalue weighted by atomic mass is 10.3. The minimum absolute atomic E-state index is 0.720. The van der Waals surface area contributed by atoms with Gasteiger partial charge < -0.3 is 10.2 Å². The molecule has 1 aliphatic carbocycles. The van der Waals surface area contributed by atoms with Gasteiger partial charge in [0.1, 0.15) is 5.82 Å². The van der Waals surface area contributed by atoms with Gasteiger partial charge in [0.2, 0.25) is 0 Å². The molecular formula is C15H25N5. The Hall–Kier alpha value is -1.20. The predicted molar refractivity (Wildman–Crippen MR) is 80.8 cm³/mol. The number of nitrogens with zero attached hydrogens (tertiary/aromatic N) is 4. The van der Waals surface area contributed by atoms with Gasteiger partial charge in [0, 0.05) is 45.0 Å². The molecule has 0 radical (unpaired) electrons. The lowest BCUT2D eigenvalue weighted by Gasteiger charge is -2.35. The van der Waals surface area contributed by atoms with Crippen molar-refractivity contribution in [2.45, 2.75) is 38.8 Å². The van der Waals surface area contributed by atoms with Gasteiger partial charge in [-0.25, -0.2) is 4.98 Å². The maximum Gasteiger partial charge on any atom is 0.147 e. The van der Waals surface area contributed by atoms with Crippen molar-refractivity contribution in [1.82, 2.24) is 20.2 Å². The van der Waals surface area contributed by atoms with E-state index in [1.807, 2.05) is 12.4 Å². The second kappa shape index (κ2) is 6.50. The third-order valence-electron chi connectivity index (χ3n) is 4.06. The van der Waals surface area contributed by atoms with Gasteiger partial charge in [-0.1, -0.05) is 6.92 Å². The van der Waals surface area contributed by atoms with Gasteiger partial charge in [0.05, 0.1) is 11.9 Å². The molecule has 1 N–H and O–H groups in total. The molecule has 2 fully saturated rings. The third-order valence-corrected chi connectivity index (χ3v) is 4.06. The topological polar surface area (TPSA) is 44.3 Å². The van der Waals surface area contributed by atoms with E-state index in [2.05, 4.69) is 27.0 Å². The van der Waals surface area contributed by atoms with Crippen LogP contribution in [0.15, 0.2) is 12.4 Å². The molecule has 2 heterocycles. The molecule has 2 aliphatic rings. The molecule has 1 saturated heterocycles. The van der Waals surface area contributed by atoms with Crippen LogP contribution < -0.4 is 10.2 Å². The number of hydrogen-bond acceptors (Lipinski definition) is 5. The molecule has 5 heteroatoms. The molecule has 0 unspecified atom stereocenters. The van der Waals surface area contributed by atoms with Crippen molar-refractivity contribution in [2.75, 3.05) is 37.6 Å². The van der Waals surface area contributed by atoms with Crippen molar-refractivity contribution >= 4 is 5.82 Å². The highest BCUT2D eigenvalue weighted by molar-refractivity contribution is 5.37. The molecule has 0 spiro atoms. The predicted octanol–water partition coefficient (Wildman–Crippen LogP) is 1.26. The number of anilines is 1. The molecular weight excluding hydrogens is 250 g/mol. The standard InChI is InChI=1S/C15H25N5/c1-2-5-19-6-8-20(9-7-19)15-12-16-10-14(18-15)11-17-13-3-4-13/h10,12-13,17H,2-9,11H2,1H3. The van der Waals surface area contributed by atoms with Crippen molar-refractivity contribution in [3.8, 4) is 0 Å². The van der Waals surface area contributed by atoms with Crippen LogP contribution in [0, 0.1) is 0 Å². The average Bonchev–Trinajstić information content (AvgIpc) is 3.31. The molecule has 0 atom stereocenters. The van der Waals surface area contributed by atoms with Crippen molar-refractivity contribution in [3.05, 3.63) is 18.1 Å². The number of piperazine rings is 1. The van der Waals surface area contributed by atoms with Crippen molar-refractivity contribution < 1.29 is 0 Å². The van der Waals surface area contributed by atoms with Crippen LogP contribution in [-0.4, -0.2) is 53.6 Å². The van der Waals surface area contributed by atoms with E-state index in [0.29, 0.717) is 0 Å².